The van der Waals surface area contributed by atoms with Gasteiger partial charge in [0, 0.05) is 11.6 Å². The molecule has 4 rings (SSSR count). The lowest BCUT2D eigenvalue weighted by Crippen LogP contribution is -2.58. The van der Waals surface area contributed by atoms with E-state index in [9.17, 15) is 15.0 Å². The first-order chi connectivity index (χ1) is 11.7. The summed E-state index contributed by atoms with van der Waals surface area (Å²) in [5.74, 6) is 0.333. The normalized spacial score (nSPS) is 48.5. The van der Waals surface area contributed by atoms with Crippen LogP contribution >= 0.6 is 0 Å². The molecule has 0 amide bonds. The molecular formula is C20H30O5. The van der Waals surface area contributed by atoms with E-state index in [0.717, 1.165) is 25.7 Å². The zero-order valence-corrected chi connectivity index (χ0v) is 15.5. The van der Waals surface area contributed by atoms with Crippen molar-refractivity contribution in [3.05, 3.63) is 11.6 Å². The Hall–Kier alpha value is -0.910. The van der Waals surface area contributed by atoms with Crippen LogP contribution in [0.3, 0.4) is 0 Å². The van der Waals surface area contributed by atoms with E-state index in [0.29, 0.717) is 16.9 Å². The van der Waals surface area contributed by atoms with E-state index < -0.39 is 17.9 Å². The second-order valence-electron chi connectivity index (χ2n) is 9.49. The van der Waals surface area contributed by atoms with Crippen LogP contribution in [0.4, 0.5) is 0 Å². The van der Waals surface area contributed by atoms with Crippen LogP contribution in [-0.2, 0) is 14.3 Å². The maximum absolute atomic E-state index is 11.5. The van der Waals surface area contributed by atoms with Crippen molar-refractivity contribution in [1.29, 1.82) is 0 Å². The number of aliphatic hydroxyl groups is 2. The summed E-state index contributed by atoms with van der Waals surface area (Å²) >= 11 is 0. The third kappa shape index (κ3) is 2.42. The monoisotopic (exact) mass is 350 g/mol. The third-order valence-corrected chi connectivity index (χ3v) is 7.83. The number of ether oxygens (including phenoxy) is 2. The van der Waals surface area contributed by atoms with Crippen LogP contribution in [0.15, 0.2) is 11.6 Å². The van der Waals surface area contributed by atoms with E-state index in [1.54, 1.807) is 0 Å². The molecule has 0 spiro atoms. The predicted molar refractivity (Wildman–Crippen MR) is 91.4 cm³/mol. The molecule has 5 nitrogen and oxygen atoms in total. The first-order valence-corrected chi connectivity index (χ1v) is 9.61. The molecule has 0 aromatic heterocycles. The first-order valence-electron chi connectivity index (χ1n) is 9.61. The lowest BCUT2D eigenvalue weighted by atomic mass is 9.45. The summed E-state index contributed by atoms with van der Waals surface area (Å²) in [6.07, 6.45) is 6.06. The Morgan fingerprint density at radius 3 is 2.60 bits per heavy atom. The van der Waals surface area contributed by atoms with Gasteiger partial charge in [-0.05, 0) is 54.8 Å². The lowest BCUT2D eigenvalue weighted by molar-refractivity contribution is -0.178. The Labute approximate surface area is 149 Å². The number of rotatable bonds is 2. The zero-order chi connectivity index (χ0) is 18.0. The van der Waals surface area contributed by atoms with Crippen molar-refractivity contribution in [2.24, 2.45) is 22.7 Å². The maximum atomic E-state index is 11.5. The summed E-state index contributed by atoms with van der Waals surface area (Å²) in [6.45, 7) is 7.13. The van der Waals surface area contributed by atoms with Gasteiger partial charge in [0.1, 0.15) is 0 Å². The van der Waals surface area contributed by atoms with Crippen molar-refractivity contribution < 1.29 is 24.5 Å². The minimum Gasteiger partial charge on any atom is -0.429 e. The summed E-state index contributed by atoms with van der Waals surface area (Å²) in [5, 5.41) is 20.3. The molecule has 1 saturated heterocycles. The van der Waals surface area contributed by atoms with Crippen LogP contribution in [0.2, 0.25) is 0 Å². The van der Waals surface area contributed by atoms with Gasteiger partial charge in [-0.25, -0.2) is 4.79 Å². The molecule has 5 heteroatoms. The largest absolute Gasteiger partial charge is 0.429 e. The van der Waals surface area contributed by atoms with E-state index >= 15 is 0 Å². The topological polar surface area (TPSA) is 76.0 Å². The van der Waals surface area contributed by atoms with Crippen LogP contribution in [0.25, 0.3) is 0 Å². The predicted octanol–water partition coefficient (Wildman–Crippen LogP) is 2.55. The molecule has 25 heavy (non-hydrogen) atoms. The Morgan fingerprint density at radius 2 is 1.96 bits per heavy atom. The van der Waals surface area contributed by atoms with Crippen LogP contribution in [0.1, 0.15) is 59.3 Å². The minimum atomic E-state index is -1.21. The standard InChI is InChI=1S/C20H30O5/c1-18(2)6-4-7-19(3)14(18)5-8-20(11-21)15(19)10-13(25-20)12-9-16(22)24-17(12)23/h9,13-15,17,21,23H,4-8,10-11H2,1-3H3/t13-,14-,15+,17?,19-,20-/m0/s1. The van der Waals surface area contributed by atoms with Gasteiger partial charge < -0.3 is 19.7 Å². The Morgan fingerprint density at radius 1 is 1.20 bits per heavy atom. The average Bonchev–Trinajstić information content (AvgIpc) is 3.07. The summed E-state index contributed by atoms with van der Waals surface area (Å²) in [5.41, 5.74) is 0.377. The third-order valence-electron chi connectivity index (χ3n) is 7.83. The fourth-order valence-corrected chi connectivity index (χ4v) is 6.74. The first kappa shape index (κ1) is 17.5. The highest BCUT2D eigenvalue weighted by atomic mass is 16.6. The Bertz CT molecular complexity index is 611. The lowest BCUT2D eigenvalue weighted by Gasteiger charge is -2.60. The van der Waals surface area contributed by atoms with Gasteiger partial charge in [-0.15, -0.1) is 0 Å². The Balaban J connectivity index is 1.68. The van der Waals surface area contributed by atoms with E-state index in [2.05, 4.69) is 20.8 Å². The van der Waals surface area contributed by atoms with Gasteiger partial charge >= 0.3 is 5.97 Å². The molecule has 2 aliphatic heterocycles. The number of hydrogen-bond donors (Lipinski definition) is 2. The second kappa shape index (κ2) is 5.54. The zero-order valence-electron chi connectivity index (χ0n) is 15.5. The fraction of sp³-hybridized carbons (Fsp3) is 0.850. The average molecular weight is 350 g/mol. The number of cyclic esters (lactones) is 1. The van der Waals surface area contributed by atoms with Crippen molar-refractivity contribution in [2.45, 2.75) is 77.3 Å². The van der Waals surface area contributed by atoms with Crippen molar-refractivity contribution in [1.82, 2.24) is 0 Å². The number of aliphatic hydroxyl groups excluding tert-OH is 2. The van der Waals surface area contributed by atoms with Crippen molar-refractivity contribution in [3.8, 4) is 0 Å². The summed E-state index contributed by atoms with van der Waals surface area (Å²) in [6, 6.07) is 0. The van der Waals surface area contributed by atoms with E-state index in [1.807, 2.05) is 0 Å². The van der Waals surface area contributed by atoms with E-state index in [-0.39, 0.29) is 24.0 Å². The molecule has 0 aromatic rings. The van der Waals surface area contributed by atoms with Crippen LogP contribution in [0, 0.1) is 22.7 Å². The highest BCUT2D eigenvalue weighted by Crippen LogP contribution is 2.66. The highest BCUT2D eigenvalue weighted by Gasteiger charge is 2.64. The molecule has 0 aromatic carbocycles. The molecule has 4 aliphatic rings. The quantitative estimate of drug-likeness (QED) is 0.749. The van der Waals surface area contributed by atoms with Gasteiger partial charge in [0.05, 0.1) is 18.3 Å². The molecule has 1 unspecified atom stereocenters. The smallest absolute Gasteiger partial charge is 0.333 e. The van der Waals surface area contributed by atoms with Gasteiger partial charge in [-0.2, -0.15) is 0 Å². The van der Waals surface area contributed by atoms with Crippen molar-refractivity contribution in [3.63, 3.8) is 0 Å². The number of fused-ring (bicyclic) bond motifs is 3. The number of carbonyl (C=O) groups excluding carboxylic acids is 1. The van der Waals surface area contributed by atoms with E-state index in [4.69, 9.17) is 9.47 Å². The van der Waals surface area contributed by atoms with Crippen LogP contribution in [0.5, 0.6) is 0 Å². The number of hydrogen-bond acceptors (Lipinski definition) is 5. The number of esters is 1. The van der Waals surface area contributed by atoms with Gasteiger partial charge in [0.25, 0.3) is 0 Å². The molecule has 0 bridgehead atoms. The van der Waals surface area contributed by atoms with E-state index in [1.165, 1.54) is 18.9 Å². The number of carbonyl (C=O) groups is 1. The summed E-state index contributed by atoms with van der Waals surface area (Å²) < 4.78 is 11.2. The van der Waals surface area contributed by atoms with Crippen molar-refractivity contribution in [2.75, 3.05) is 6.61 Å². The molecular weight excluding hydrogens is 320 g/mol. The molecule has 2 heterocycles. The molecule has 140 valence electrons. The van der Waals surface area contributed by atoms with Crippen LogP contribution < -0.4 is 0 Å². The van der Waals surface area contributed by atoms with Gasteiger partial charge in [0.2, 0.25) is 6.29 Å². The maximum Gasteiger partial charge on any atom is 0.333 e. The molecule has 3 fully saturated rings. The second-order valence-corrected chi connectivity index (χ2v) is 9.49. The molecule has 0 radical (unpaired) electrons. The molecule has 2 N–H and O–H groups in total. The Kier molecular flexibility index (Phi) is 3.88. The summed E-state index contributed by atoms with van der Waals surface area (Å²) in [4.78, 5) is 11.5. The minimum absolute atomic E-state index is 0.00488. The highest BCUT2D eigenvalue weighted by molar-refractivity contribution is 5.85. The van der Waals surface area contributed by atoms with Gasteiger partial charge in [-0.3, -0.25) is 0 Å². The SMILES string of the molecule is CC1(C)CCC[C@@]2(C)[C@H]1CC[C@@]1(CO)O[C@H](C3=CC(=O)OC3O)C[C@@H]12. The van der Waals surface area contributed by atoms with Crippen molar-refractivity contribution >= 4 is 5.97 Å². The summed E-state index contributed by atoms with van der Waals surface area (Å²) in [7, 11) is 0. The van der Waals surface area contributed by atoms with Crippen LogP contribution in [-0.4, -0.2) is 40.8 Å². The van der Waals surface area contributed by atoms with Gasteiger partial charge in [0.15, 0.2) is 0 Å². The molecule has 2 aliphatic carbocycles. The molecule has 2 saturated carbocycles. The molecule has 6 atom stereocenters. The van der Waals surface area contributed by atoms with Gasteiger partial charge in [-0.1, -0.05) is 27.2 Å². The fourth-order valence-electron chi connectivity index (χ4n) is 6.74.